The molecule has 116 valence electrons. The van der Waals surface area contributed by atoms with Crippen LogP contribution in [0.2, 0.25) is 0 Å². The molecule has 0 saturated heterocycles. The molecule has 1 heterocycles. The summed E-state index contributed by atoms with van der Waals surface area (Å²) in [6, 6.07) is 8.85. The average molecular weight is 316 g/mol. The van der Waals surface area contributed by atoms with E-state index < -0.39 is 0 Å². The van der Waals surface area contributed by atoms with Crippen molar-refractivity contribution in [2.75, 3.05) is 5.32 Å². The molecule has 0 aliphatic rings. The van der Waals surface area contributed by atoms with Gasteiger partial charge >= 0.3 is 0 Å². The standard InChI is InChI=1S/C17H20N2O2S/c1-11(2)12(3)18-17(21)14-6-4-5-7-15(14)19-16(20)13-8-9-22-10-13/h4-12H,1-3H3,(H,18,21)(H,19,20). The molecule has 4 nitrogen and oxygen atoms in total. The molecule has 0 bridgehead atoms. The summed E-state index contributed by atoms with van der Waals surface area (Å²) in [5, 5.41) is 9.38. The van der Waals surface area contributed by atoms with Gasteiger partial charge < -0.3 is 10.6 Å². The first-order valence-electron chi connectivity index (χ1n) is 7.22. The summed E-state index contributed by atoms with van der Waals surface area (Å²) >= 11 is 1.46. The fraction of sp³-hybridized carbons (Fsp3) is 0.294. The molecule has 0 radical (unpaired) electrons. The van der Waals surface area contributed by atoms with Gasteiger partial charge in [0.25, 0.3) is 11.8 Å². The van der Waals surface area contributed by atoms with E-state index in [1.807, 2.05) is 12.3 Å². The van der Waals surface area contributed by atoms with E-state index in [9.17, 15) is 9.59 Å². The lowest BCUT2D eigenvalue weighted by molar-refractivity contribution is 0.0931. The highest BCUT2D eigenvalue weighted by Gasteiger charge is 2.17. The van der Waals surface area contributed by atoms with Gasteiger partial charge in [0.2, 0.25) is 0 Å². The highest BCUT2D eigenvalue weighted by Crippen LogP contribution is 2.17. The summed E-state index contributed by atoms with van der Waals surface area (Å²) in [7, 11) is 0. The van der Waals surface area contributed by atoms with Crippen molar-refractivity contribution in [1.82, 2.24) is 5.32 Å². The molecule has 2 amide bonds. The Labute approximate surface area is 134 Å². The van der Waals surface area contributed by atoms with Crippen molar-refractivity contribution in [3.8, 4) is 0 Å². The lowest BCUT2D eigenvalue weighted by Gasteiger charge is -2.18. The van der Waals surface area contributed by atoms with E-state index >= 15 is 0 Å². The third kappa shape index (κ3) is 3.95. The summed E-state index contributed by atoms with van der Waals surface area (Å²) < 4.78 is 0. The minimum absolute atomic E-state index is 0.0631. The molecule has 1 aromatic heterocycles. The van der Waals surface area contributed by atoms with Crippen molar-refractivity contribution < 1.29 is 9.59 Å². The number of thiophene rings is 1. The maximum Gasteiger partial charge on any atom is 0.256 e. The van der Waals surface area contributed by atoms with Gasteiger partial charge in [0, 0.05) is 11.4 Å². The van der Waals surface area contributed by atoms with Gasteiger partial charge in [0.15, 0.2) is 0 Å². The van der Waals surface area contributed by atoms with Gasteiger partial charge in [0.1, 0.15) is 0 Å². The van der Waals surface area contributed by atoms with Crippen LogP contribution in [0.4, 0.5) is 5.69 Å². The Hall–Kier alpha value is -2.14. The van der Waals surface area contributed by atoms with E-state index in [1.54, 1.807) is 35.7 Å². The molecule has 2 rings (SSSR count). The van der Waals surface area contributed by atoms with E-state index in [0.29, 0.717) is 22.7 Å². The number of rotatable bonds is 5. The van der Waals surface area contributed by atoms with Gasteiger partial charge in [-0.25, -0.2) is 0 Å². The number of carbonyl (C=O) groups is 2. The molecule has 0 spiro atoms. The van der Waals surface area contributed by atoms with Gasteiger partial charge in [0.05, 0.1) is 16.8 Å². The van der Waals surface area contributed by atoms with Gasteiger partial charge in [-0.1, -0.05) is 26.0 Å². The zero-order valence-electron chi connectivity index (χ0n) is 12.9. The number of hydrogen-bond donors (Lipinski definition) is 2. The number of carbonyl (C=O) groups excluding carboxylic acids is 2. The topological polar surface area (TPSA) is 58.2 Å². The molecule has 22 heavy (non-hydrogen) atoms. The first kappa shape index (κ1) is 16.2. The Morgan fingerprint density at radius 1 is 1.05 bits per heavy atom. The largest absolute Gasteiger partial charge is 0.349 e. The molecular formula is C17H20N2O2S. The molecule has 0 fully saturated rings. The fourth-order valence-electron chi connectivity index (χ4n) is 1.83. The van der Waals surface area contributed by atoms with Crippen LogP contribution in [-0.4, -0.2) is 17.9 Å². The summed E-state index contributed by atoms with van der Waals surface area (Å²) in [5.41, 5.74) is 1.58. The van der Waals surface area contributed by atoms with E-state index in [-0.39, 0.29) is 17.9 Å². The maximum absolute atomic E-state index is 12.4. The number of amides is 2. The van der Waals surface area contributed by atoms with Crippen LogP contribution in [0.5, 0.6) is 0 Å². The summed E-state index contributed by atoms with van der Waals surface area (Å²) in [5.74, 6) is -0.0441. The number of hydrogen-bond acceptors (Lipinski definition) is 3. The molecule has 2 N–H and O–H groups in total. The van der Waals surface area contributed by atoms with Crippen LogP contribution in [0.15, 0.2) is 41.1 Å². The minimum Gasteiger partial charge on any atom is -0.349 e. The Balaban J connectivity index is 2.16. The molecule has 1 aromatic carbocycles. The molecule has 0 saturated carbocycles. The van der Waals surface area contributed by atoms with Crippen LogP contribution in [0, 0.1) is 5.92 Å². The maximum atomic E-state index is 12.4. The lowest BCUT2D eigenvalue weighted by Crippen LogP contribution is -2.36. The van der Waals surface area contributed by atoms with Gasteiger partial charge in [-0.05, 0) is 36.4 Å². The zero-order valence-corrected chi connectivity index (χ0v) is 13.7. The van der Waals surface area contributed by atoms with E-state index in [4.69, 9.17) is 0 Å². The molecular weight excluding hydrogens is 296 g/mol. The Kier molecular flexibility index (Phi) is 5.33. The van der Waals surface area contributed by atoms with Crippen molar-refractivity contribution >= 4 is 28.8 Å². The van der Waals surface area contributed by atoms with Crippen molar-refractivity contribution in [3.63, 3.8) is 0 Å². The zero-order chi connectivity index (χ0) is 16.1. The fourth-order valence-corrected chi connectivity index (χ4v) is 2.47. The summed E-state index contributed by atoms with van der Waals surface area (Å²) in [6.45, 7) is 6.07. The third-order valence-corrected chi connectivity index (χ3v) is 4.25. The Bertz CT molecular complexity index is 650. The highest BCUT2D eigenvalue weighted by atomic mass is 32.1. The molecule has 2 aromatic rings. The Morgan fingerprint density at radius 2 is 1.77 bits per heavy atom. The second-order valence-corrected chi connectivity index (χ2v) is 6.30. The van der Waals surface area contributed by atoms with E-state index in [0.717, 1.165) is 0 Å². The number of para-hydroxylation sites is 1. The number of benzene rings is 1. The second kappa shape index (κ2) is 7.22. The molecule has 1 unspecified atom stereocenters. The van der Waals surface area contributed by atoms with Crippen molar-refractivity contribution in [2.24, 2.45) is 5.92 Å². The minimum atomic E-state index is -0.210. The van der Waals surface area contributed by atoms with Crippen LogP contribution in [0.25, 0.3) is 0 Å². The van der Waals surface area contributed by atoms with Crippen molar-refractivity contribution in [2.45, 2.75) is 26.8 Å². The smallest absolute Gasteiger partial charge is 0.256 e. The third-order valence-electron chi connectivity index (χ3n) is 3.56. The number of anilines is 1. The Morgan fingerprint density at radius 3 is 2.41 bits per heavy atom. The van der Waals surface area contributed by atoms with Crippen LogP contribution < -0.4 is 10.6 Å². The second-order valence-electron chi connectivity index (χ2n) is 5.52. The first-order valence-corrected chi connectivity index (χ1v) is 8.16. The van der Waals surface area contributed by atoms with E-state index in [1.165, 1.54) is 11.3 Å². The highest BCUT2D eigenvalue weighted by molar-refractivity contribution is 7.08. The van der Waals surface area contributed by atoms with Crippen molar-refractivity contribution in [1.29, 1.82) is 0 Å². The molecule has 0 aliphatic heterocycles. The van der Waals surface area contributed by atoms with Crippen LogP contribution in [-0.2, 0) is 0 Å². The summed E-state index contributed by atoms with van der Waals surface area (Å²) in [6.07, 6.45) is 0. The molecule has 0 aliphatic carbocycles. The first-order chi connectivity index (χ1) is 10.5. The van der Waals surface area contributed by atoms with Crippen molar-refractivity contribution in [3.05, 3.63) is 52.2 Å². The lowest BCUT2D eigenvalue weighted by atomic mass is 10.1. The van der Waals surface area contributed by atoms with Crippen LogP contribution >= 0.6 is 11.3 Å². The summed E-state index contributed by atoms with van der Waals surface area (Å²) in [4.78, 5) is 24.5. The molecule has 5 heteroatoms. The van der Waals surface area contributed by atoms with Crippen LogP contribution in [0.3, 0.4) is 0 Å². The predicted molar refractivity (Wildman–Crippen MR) is 90.5 cm³/mol. The average Bonchev–Trinajstić information content (AvgIpc) is 3.01. The van der Waals surface area contributed by atoms with Gasteiger partial charge in [-0.15, -0.1) is 0 Å². The SMILES string of the molecule is CC(C)C(C)NC(=O)c1ccccc1NC(=O)c1ccsc1. The van der Waals surface area contributed by atoms with Gasteiger partial charge in [-0.2, -0.15) is 11.3 Å². The monoisotopic (exact) mass is 316 g/mol. The quantitative estimate of drug-likeness (QED) is 0.882. The number of nitrogens with one attached hydrogen (secondary N) is 2. The molecule has 1 atom stereocenters. The normalized spacial score (nSPS) is 12.0. The van der Waals surface area contributed by atoms with Gasteiger partial charge in [-0.3, -0.25) is 9.59 Å². The predicted octanol–water partition coefficient (Wildman–Crippen LogP) is 3.77. The van der Waals surface area contributed by atoms with E-state index in [2.05, 4.69) is 24.5 Å². The van der Waals surface area contributed by atoms with Crippen LogP contribution in [0.1, 0.15) is 41.5 Å².